The van der Waals surface area contributed by atoms with Crippen LogP contribution < -0.4 is 15.4 Å². The predicted molar refractivity (Wildman–Crippen MR) is 127 cm³/mol. The number of benzene rings is 3. The molecule has 0 bridgehead atoms. The summed E-state index contributed by atoms with van der Waals surface area (Å²) < 4.78 is 5.23. The molecule has 32 heavy (non-hydrogen) atoms. The number of ketones is 2. The van der Waals surface area contributed by atoms with Gasteiger partial charge in [0, 0.05) is 28.5 Å². The molecular formula is C27H26N2O3. The highest BCUT2D eigenvalue weighted by atomic mass is 16.5. The fourth-order valence-electron chi connectivity index (χ4n) is 4.74. The van der Waals surface area contributed by atoms with Gasteiger partial charge in [0.2, 0.25) is 0 Å². The second kappa shape index (κ2) is 8.50. The minimum Gasteiger partial charge on any atom is -0.497 e. The molecule has 1 fully saturated rings. The van der Waals surface area contributed by atoms with Crippen LogP contribution in [0, 0.1) is 0 Å². The van der Waals surface area contributed by atoms with Crippen LogP contribution in [0.3, 0.4) is 0 Å². The van der Waals surface area contributed by atoms with Gasteiger partial charge in [-0.05, 0) is 49.2 Å². The van der Waals surface area contributed by atoms with E-state index >= 15 is 0 Å². The van der Waals surface area contributed by atoms with Crippen molar-refractivity contribution in [2.45, 2.75) is 38.1 Å². The van der Waals surface area contributed by atoms with Crippen LogP contribution in [0.4, 0.5) is 17.1 Å². The highest BCUT2D eigenvalue weighted by Gasteiger charge is 2.34. The molecule has 0 unspecified atom stereocenters. The summed E-state index contributed by atoms with van der Waals surface area (Å²) in [7, 11) is 1.62. The first-order valence-corrected chi connectivity index (χ1v) is 11.2. The largest absolute Gasteiger partial charge is 0.497 e. The van der Waals surface area contributed by atoms with Gasteiger partial charge in [0.05, 0.1) is 23.9 Å². The first kappa shape index (κ1) is 20.3. The number of carbonyl (C=O) groups excluding carboxylic acids is 2. The standard InChI is InChI=1S/C27H26N2O3/c1-32-19-13-11-18(12-14-19)29-23-16-15-22(28-17-7-3-2-4-8-17)24-25(23)27(31)21-10-6-5-9-20(21)26(24)30/h5-6,9-17,28-29H,2-4,7-8H2,1H3. The second-order valence-corrected chi connectivity index (χ2v) is 8.45. The maximum absolute atomic E-state index is 13.6. The molecule has 5 nitrogen and oxygen atoms in total. The molecule has 2 aliphatic rings. The van der Waals surface area contributed by atoms with Crippen molar-refractivity contribution in [3.63, 3.8) is 0 Å². The SMILES string of the molecule is COc1ccc(Nc2ccc(NC3CCCCC3)c3c2C(=O)c2ccccc2C3=O)cc1. The van der Waals surface area contributed by atoms with Crippen LogP contribution >= 0.6 is 0 Å². The highest BCUT2D eigenvalue weighted by Crippen LogP contribution is 2.38. The Balaban J connectivity index is 1.59. The molecule has 5 heteroatoms. The lowest BCUT2D eigenvalue weighted by molar-refractivity contribution is 0.0980. The Morgan fingerprint density at radius 1 is 0.750 bits per heavy atom. The van der Waals surface area contributed by atoms with Gasteiger partial charge >= 0.3 is 0 Å². The van der Waals surface area contributed by atoms with E-state index in [1.54, 1.807) is 25.3 Å². The fraction of sp³-hybridized carbons (Fsp3) is 0.259. The van der Waals surface area contributed by atoms with E-state index < -0.39 is 0 Å². The van der Waals surface area contributed by atoms with E-state index in [-0.39, 0.29) is 11.6 Å². The molecule has 0 atom stereocenters. The summed E-state index contributed by atoms with van der Waals surface area (Å²) in [5.74, 6) is 0.523. The van der Waals surface area contributed by atoms with Crippen molar-refractivity contribution in [3.05, 3.63) is 82.9 Å². The van der Waals surface area contributed by atoms with Crippen LogP contribution in [0.1, 0.15) is 63.9 Å². The first-order chi connectivity index (χ1) is 15.7. The molecule has 0 spiro atoms. The number of methoxy groups -OCH3 is 1. The van der Waals surface area contributed by atoms with Gasteiger partial charge in [0.15, 0.2) is 11.6 Å². The van der Waals surface area contributed by atoms with Crippen molar-refractivity contribution in [1.29, 1.82) is 0 Å². The monoisotopic (exact) mass is 426 g/mol. The molecule has 2 aliphatic carbocycles. The number of ether oxygens (including phenoxy) is 1. The summed E-state index contributed by atoms with van der Waals surface area (Å²) >= 11 is 0. The number of hydrogen-bond donors (Lipinski definition) is 2. The Morgan fingerprint density at radius 3 is 1.97 bits per heavy atom. The summed E-state index contributed by atoms with van der Waals surface area (Å²) in [6, 6.07) is 18.7. The van der Waals surface area contributed by atoms with E-state index in [1.165, 1.54) is 19.3 Å². The van der Waals surface area contributed by atoms with Gasteiger partial charge in [0.25, 0.3) is 0 Å². The maximum atomic E-state index is 13.6. The van der Waals surface area contributed by atoms with E-state index in [2.05, 4.69) is 10.6 Å². The molecule has 0 amide bonds. The Labute approximate surface area is 187 Å². The molecule has 0 radical (unpaired) electrons. The normalized spacial score (nSPS) is 15.7. The molecule has 1 saturated carbocycles. The number of fused-ring (bicyclic) bond motifs is 2. The summed E-state index contributed by atoms with van der Waals surface area (Å²) in [5, 5.41) is 6.92. The van der Waals surface area contributed by atoms with Crippen LogP contribution in [0.2, 0.25) is 0 Å². The minimum absolute atomic E-state index is 0.105. The summed E-state index contributed by atoms with van der Waals surface area (Å²) in [6.45, 7) is 0. The summed E-state index contributed by atoms with van der Waals surface area (Å²) in [5.41, 5.74) is 4.03. The third kappa shape index (κ3) is 3.64. The molecule has 5 rings (SSSR count). The average Bonchev–Trinajstić information content (AvgIpc) is 2.84. The molecule has 0 saturated heterocycles. The van der Waals surface area contributed by atoms with Gasteiger partial charge < -0.3 is 15.4 Å². The van der Waals surface area contributed by atoms with Crippen molar-refractivity contribution in [3.8, 4) is 5.75 Å². The molecule has 3 aromatic rings. The quantitative estimate of drug-likeness (QED) is 0.412. The van der Waals surface area contributed by atoms with Crippen molar-refractivity contribution in [1.82, 2.24) is 0 Å². The molecule has 0 aromatic heterocycles. The van der Waals surface area contributed by atoms with Crippen molar-refractivity contribution >= 4 is 28.6 Å². The van der Waals surface area contributed by atoms with E-state index in [0.29, 0.717) is 34.0 Å². The Morgan fingerprint density at radius 2 is 1.34 bits per heavy atom. The molecule has 0 aliphatic heterocycles. The van der Waals surface area contributed by atoms with Gasteiger partial charge in [-0.1, -0.05) is 43.5 Å². The summed E-state index contributed by atoms with van der Waals surface area (Å²) in [6.07, 6.45) is 5.80. The van der Waals surface area contributed by atoms with Crippen LogP contribution in [-0.2, 0) is 0 Å². The van der Waals surface area contributed by atoms with Gasteiger partial charge in [-0.25, -0.2) is 0 Å². The van der Waals surface area contributed by atoms with Crippen LogP contribution in [0.15, 0.2) is 60.7 Å². The predicted octanol–water partition coefficient (Wildman–Crippen LogP) is 5.96. The summed E-state index contributed by atoms with van der Waals surface area (Å²) in [4.78, 5) is 27.1. The number of nitrogens with one attached hydrogen (secondary N) is 2. The van der Waals surface area contributed by atoms with E-state index in [1.807, 2.05) is 42.5 Å². The number of anilines is 3. The number of rotatable bonds is 5. The van der Waals surface area contributed by atoms with E-state index in [4.69, 9.17) is 4.74 Å². The Kier molecular flexibility index (Phi) is 5.39. The molecule has 0 heterocycles. The third-order valence-electron chi connectivity index (χ3n) is 6.41. The Bertz CT molecular complexity index is 1180. The molecular weight excluding hydrogens is 400 g/mol. The van der Waals surface area contributed by atoms with Gasteiger partial charge in [-0.15, -0.1) is 0 Å². The lowest BCUT2D eigenvalue weighted by Gasteiger charge is -2.28. The second-order valence-electron chi connectivity index (χ2n) is 8.45. The Hall–Kier alpha value is -3.60. The third-order valence-corrected chi connectivity index (χ3v) is 6.41. The van der Waals surface area contributed by atoms with Gasteiger partial charge in [-0.3, -0.25) is 9.59 Å². The zero-order chi connectivity index (χ0) is 22.1. The van der Waals surface area contributed by atoms with Crippen LogP contribution in [0.25, 0.3) is 0 Å². The maximum Gasteiger partial charge on any atom is 0.196 e. The van der Waals surface area contributed by atoms with Crippen LogP contribution in [-0.4, -0.2) is 24.7 Å². The average molecular weight is 427 g/mol. The number of hydrogen-bond acceptors (Lipinski definition) is 5. The lowest BCUT2D eigenvalue weighted by atomic mass is 9.82. The van der Waals surface area contributed by atoms with E-state index in [0.717, 1.165) is 30.0 Å². The molecule has 3 aromatic carbocycles. The van der Waals surface area contributed by atoms with Crippen molar-refractivity contribution in [2.24, 2.45) is 0 Å². The van der Waals surface area contributed by atoms with Crippen molar-refractivity contribution in [2.75, 3.05) is 17.7 Å². The van der Waals surface area contributed by atoms with Crippen LogP contribution in [0.5, 0.6) is 5.75 Å². The molecule has 162 valence electrons. The zero-order valence-corrected chi connectivity index (χ0v) is 18.1. The van der Waals surface area contributed by atoms with Gasteiger partial charge in [0.1, 0.15) is 5.75 Å². The first-order valence-electron chi connectivity index (χ1n) is 11.2. The van der Waals surface area contributed by atoms with Gasteiger partial charge in [-0.2, -0.15) is 0 Å². The smallest absolute Gasteiger partial charge is 0.196 e. The highest BCUT2D eigenvalue weighted by molar-refractivity contribution is 6.32. The van der Waals surface area contributed by atoms with Crippen molar-refractivity contribution < 1.29 is 14.3 Å². The number of carbonyl (C=O) groups is 2. The minimum atomic E-state index is -0.126. The zero-order valence-electron chi connectivity index (χ0n) is 18.1. The molecule has 2 N–H and O–H groups in total. The lowest BCUT2D eigenvalue weighted by Crippen LogP contribution is -2.27. The van der Waals surface area contributed by atoms with E-state index in [9.17, 15) is 9.59 Å². The topological polar surface area (TPSA) is 67.4 Å². The fourth-order valence-corrected chi connectivity index (χ4v) is 4.74.